The Morgan fingerprint density at radius 3 is 2.76 bits per heavy atom. The molecule has 2 aliphatic heterocycles. The molecule has 1 aromatic carbocycles. The largest absolute Gasteiger partial charge is 0.454 e. The van der Waals surface area contributed by atoms with Crippen LogP contribution in [0.5, 0.6) is 11.5 Å². The van der Waals surface area contributed by atoms with Gasteiger partial charge in [-0.1, -0.05) is 0 Å². The summed E-state index contributed by atoms with van der Waals surface area (Å²) in [4.78, 5) is 9.00. The minimum atomic E-state index is -0.693. The summed E-state index contributed by atoms with van der Waals surface area (Å²) in [6.07, 6.45) is 1.80. The molecule has 1 saturated heterocycles. The topological polar surface area (TPSA) is 58.1 Å². The quantitative estimate of drug-likeness (QED) is 0.922. The number of pyridine rings is 1. The number of β-amino-alcohol motifs (C(OH)–C–C–N with tert-alkyl or cyclic N) is 1. The first-order valence-corrected chi connectivity index (χ1v) is 8.77. The Kier molecular flexibility index (Phi) is 3.96. The van der Waals surface area contributed by atoms with Crippen LogP contribution >= 0.6 is 0 Å². The van der Waals surface area contributed by atoms with Crippen LogP contribution in [0, 0.1) is 6.92 Å². The van der Waals surface area contributed by atoms with Crippen molar-refractivity contribution >= 4 is 16.6 Å². The van der Waals surface area contributed by atoms with Crippen molar-refractivity contribution in [1.29, 1.82) is 0 Å². The summed E-state index contributed by atoms with van der Waals surface area (Å²) in [5.74, 6) is 1.51. The van der Waals surface area contributed by atoms with E-state index < -0.39 is 5.60 Å². The number of aryl methyl sites for hydroxylation is 1. The molecule has 0 radical (unpaired) electrons. The Balaban J connectivity index is 1.75. The molecular formula is C19H25N3O3. The maximum absolute atomic E-state index is 11.0. The summed E-state index contributed by atoms with van der Waals surface area (Å²) < 4.78 is 11.0. The van der Waals surface area contributed by atoms with Gasteiger partial charge in [0.1, 0.15) is 0 Å². The molecule has 1 aromatic heterocycles. The second-order valence-electron chi connectivity index (χ2n) is 7.49. The molecule has 0 amide bonds. The van der Waals surface area contributed by atoms with Crippen molar-refractivity contribution < 1.29 is 14.6 Å². The van der Waals surface area contributed by atoms with Crippen LogP contribution in [-0.4, -0.2) is 61.1 Å². The van der Waals surface area contributed by atoms with Gasteiger partial charge in [0.05, 0.1) is 11.1 Å². The van der Waals surface area contributed by atoms with Gasteiger partial charge in [0.25, 0.3) is 0 Å². The van der Waals surface area contributed by atoms with Crippen molar-refractivity contribution in [3.8, 4) is 11.5 Å². The van der Waals surface area contributed by atoms with Gasteiger partial charge in [-0.05, 0) is 46.0 Å². The Morgan fingerprint density at radius 2 is 2.00 bits per heavy atom. The molecule has 1 atom stereocenters. The molecule has 1 N–H and O–H groups in total. The van der Waals surface area contributed by atoms with Crippen molar-refractivity contribution in [2.24, 2.45) is 0 Å². The van der Waals surface area contributed by atoms with Crippen LogP contribution in [0.2, 0.25) is 0 Å². The third-order valence-corrected chi connectivity index (χ3v) is 4.92. The predicted molar refractivity (Wildman–Crippen MR) is 97.6 cm³/mol. The van der Waals surface area contributed by atoms with E-state index in [0.29, 0.717) is 13.1 Å². The molecule has 1 fully saturated rings. The second kappa shape index (κ2) is 6.04. The summed E-state index contributed by atoms with van der Waals surface area (Å²) in [5, 5.41) is 12.1. The van der Waals surface area contributed by atoms with Crippen molar-refractivity contribution in [1.82, 2.24) is 9.88 Å². The Bertz CT molecular complexity index is 808. The molecule has 25 heavy (non-hydrogen) atoms. The minimum Gasteiger partial charge on any atom is -0.454 e. The van der Waals surface area contributed by atoms with Crippen LogP contribution in [0.1, 0.15) is 18.5 Å². The highest BCUT2D eigenvalue weighted by Gasteiger charge is 2.34. The number of anilines is 1. The van der Waals surface area contributed by atoms with Crippen molar-refractivity contribution in [2.45, 2.75) is 25.4 Å². The van der Waals surface area contributed by atoms with E-state index in [1.165, 1.54) is 0 Å². The molecule has 6 heteroatoms. The van der Waals surface area contributed by atoms with E-state index in [0.717, 1.165) is 53.2 Å². The number of rotatable bonds is 3. The van der Waals surface area contributed by atoms with Gasteiger partial charge in [0, 0.05) is 42.5 Å². The van der Waals surface area contributed by atoms with E-state index in [1.54, 1.807) is 0 Å². The van der Waals surface area contributed by atoms with Gasteiger partial charge in [-0.3, -0.25) is 4.98 Å². The van der Waals surface area contributed by atoms with Gasteiger partial charge < -0.3 is 24.4 Å². The van der Waals surface area contributed by atoms with Crippen LogP contribution in [0.4, 0.5) is 5.69 Å². The van der Waals surface area contributed by atoms with E-state index in [1.807, 2.05) is 33.2 Å². The summed E-state index contributed by atoms with van der Waals surface area (Å²) >= 11 is 0. The summed E-state index contributed by atoms with van der Waals surface area (Å²) in [7, 11) is 4.01. The first kappa shape index (κ1) is 16.4. The number of ether oxygens (including phenoxy) is 2. The van der Waals surface area contributed by atoms with Gasteiger partial charge in [-0.25, -0.2) is 0 Å². The molecule has 2 aliphatic rings. The smallest absolute Gasteiger partial charge is 0.231 e. The third kappa shape index (κ3) is 3.12. The number of piperidine rings is 1. The fourth-order valence-corrected chi connectivity index (χ4v) is 4.02. The lowest BCUT2D eigenvalue weighted by Gasteiger charge is -2.42. The minimum absolute atomic E-state index is 0.256. The average Bonchev–Trinajstić information content (AvgIpc) is 2.98. The molecule has 0 unspecified atom stereocenters. The monoisotopic (exact) mass is 343 g/mol. The molecule has 0 saturated carbocycles. The molecule has 4 rings (SSSR count). The molecule has 3 heterocycles. The number of hydrogen-bond donors (Lipinski definition) is 1. The summed E-state index contributed by atoms with van der Waals surface area (Å²) in [6.45, 7) is 4.48. The maximum atomic E-state index is 11.0. The number of benzene rings is 1. The molecule has 0 bridgehead atoms. The van der Waals surface area contributed by atoms with Crippen LogP contribution in [-0.2, 0) is 0 Å². The zero-order valence-corrected chi connectivity index (χ0v) is 15.1. The lowest BCUT2D eigenvalue weighted by Crippen LogP contribution is -2.53. The van der Waals surface area contributed by atoms with Gasteiger partial charge in [0.2, 0.25) is 6.79 Å². The molecule has 2 aromatic rings. The zero-order valence-electron chi connectivity index (χ0n) is 15.1. The number of likely N-dealkylation sites (N-methyl/N-ethyl adjacent to an activating group) is 1. The number of aromatic nitrogens is 1. The lowest BCUT2D eigenvalue weighted by atomic mass is 9.91. The van der Waals surface area contributed by atoms with E-state index in [2.05, 4.69) is 20.9 Å². The molecule has 6 nitrogen and oxygen atoms in total. The third-order valence-electron chi connectivity index (χ3n) is 4.92. The first-order chi connectivity index (χ1) is 11.9. The molecular weight excluding hydrogens is 318 g/mol. The maximum Gasteiger partial charge on any atom is 0.231 e. The van der Waals surface area contributed by atoms with E-state index >= 15 is 0 Å². The van der Waals surface area contributed by atoms with E-state index in [9.17, 15) is 5.11 Å². The highest BCUT2D eigenvalue weighted by atomic mass is 16.7. The standard InChI is InChI=1S/C19H25N3O3/c1-13-7-16(22-6-4-5-19(23,11-22)10-21(2)3)14-8-17-18(25-12-24-17)9-15(14)20-13/h7-9,23H,4-6,10-12H2,1-3H3/t19-/m0/s1. The number of aliphatic hydroxyl groups is 1. The summed E-state index contributed by atoms with van der Waals surface area (Å²) in [6, 6.07) is 6.06. The van der Waals surface area contributed by atoms with Crippen molar-refractivity contribution in [2.75, 3.05) is 45.4 Å². The van der Waals surface area contributed by atoms with Crippen molar-refractivity contribution in [3.63, 3.8) is 0 Å². The SMILES string of the molecule is Cc1cc(N2CCC[C@](O)(CN(C)C)C2)c2cc3c(cc2n1)OCO3. The first-order valence-electron chi connectivity index (χ1n) is 8.77. The Morgan fingerprint density at radius 1 is 1.24 bits per heavy atom. The average molecular weight is 343 g/mol. The number of nitrogens with zero attached hydrogens (tertiary/aromatic N) is 3. The van der Waals surface area contributed by atoms with Crippen LogP contribution in [0.3, 0.4) is 0 Å². The Labute approximate surface area is 148 Å². The second-order valence-corrected chi connectivity index (χ2v) is 7.49. The van der Waals surface area contributed by atoms with E-state index in [-0.39, 0.29) is 6.79 Å². The fourth-order valence-electron chi connectivity index (χ4n) is 4.02. The van der Waals surface area contributed by atoms with E-state index in [4.69, 9.17) is 9.47 Å². The lowest BCUT2D eigenvalue weighted by molar-refractivity contribution is 0.00376. The highest BCUT2D eigenvalue weighted by molar-refractivity contribution is 5.94. The fraction of sp³-hybridized carbons (Fsp3) is 0.526. The van der Waals surface area contributed by atoms with Crippen LogP contribution in [0.15, 0.2) is 18.2 Å². The molecule has 134 valence electrons. The molecule has 0 aliphatic carbocycles. The normalized spacial score (nSPS) is 22.8. The van der Waals surface area contributed by atoms with Crippen LogP contribution < -0.4 is 14.4 Å². The van der Waals surface area contributed by atoms with Gasteiger partial charge in [-0.15, -0.1) is 0 Å². The predicted octanol–water partition coefficient (Wildman–Crippen LogP) is 2.16. The van der Waals surface area contributed by atoms with Gasteiger partial charge in [0.15, 0.2) is 11.5 Å². The highest BCUT2D eigenvalue weighted by Crippen LogP contribution is 2.40. The summed E-state index contributed by atoms with van der Waals surface area (Å²) in [5.41, 5.74) is 2.28. The zero-order chi connectivity index (χ0) is 17.6. The Hall–Kier alpha value is -2.05. The number of hydrogen-bond acceptors (Lipinski definition) is 6. The van der Waals surface area contributed by atoms with Gasteiger partial charge in [-0.2, -0.15) is 0 Å². The van der Waals surface area contributed by atoms with Gasteiger partial charge >= 0.3 is 0 Å². The molecule has 0 spiro atoms. The van der Waals surface area contributed by atoms with Crippen LogP contribution in [0.25, 0.3) is 10.9 Å². The number of fused-ring (bicyclic) bond motifs is 2. The van der Waals surface area contributed by atoms with Crippen molar-refractivity contribution in [3.05, 3.63) is 23.9 Å².